The van der Waals surface area contributed by atoms with Crippen LogP contribution in [0.4, 0.5) is 0 Å². The van der Waals surface area contributed by atoms with Crippen molar-refractivity contribution in [1.29, 1.82) is 0 Å². The molecule has 10 heteroatoms. The Balaban J connectivity index is 1.58. The Labute approximate surface area is 226 Å². The zero-order valence-electron chi connectivity index (χ0n) is 20.8. The van der Waals surface area contributed by atoms with Crippen molar-refractivity contribution in [1.82, 2.24) is 28.4 Å². The molecule has 8 nitrogen and oxygen atoms in total. The summed E-state index contributed by atoms with van der Waals surface area (Å²) >= 11 is 0. The van der Waals surface area contributed by atoms with Crippen LogP contribution in [0.1, 0.15) is 13.8 Å². The topological polar surface area (TPSA) is 78.6 Å². The first-order valence-corrected chi connectivity index (χ1v) is 14.5. The van der Waals surface area contributed by atoms with E-state index in [1.165, 1.54) is 30.6 Å². The van der Waals surface area contributed by atoms with E-state index >= 15 is 0 Å². The Bertz CT molecular complexity index is 1750. The predicted octanol–water partition coefficient (Wildman–Crippen LogP) is 5.48. The molecule has 0 atom stereocenters. The second-order valence-electron chi connectivity index (χ2n) is 8.60. The summed E-state index contributed by atoms with van der Waals surface area (Å²) in [6, 6.07) is 22.8. The van der Waals surface area contributed by atoms with E-state index < -0.39 is 0 Å². The SMILES string of the molecule is CCn1ccc(=O)n2nc(-c3ccccc3)c(SSc3c(-c4ccccc4)nn4c(=O)ccn(CC)c34)c12. The lowest BCUT2D eigenvalue weighted by atomic mass is 10.1. The lowest BCUT2D eigenvalue weighted by Gasteiger charge is -2.10. The summed E-state index contributed by atoms with van der Waals surface area (Å²) in [5.74, 6) is 0. The molecule has 0 aliphatic heterocycles. The highest BCUT2D eigenvalue weighted by Crippen LogP contribution is 2.47. The fraction of sp³-hybridized carbons (Fsp3) is 0.143. The molecule has 6 aromatic rings. The maximum Gasteiger partial charge on any atom is 0.274 e. The van der Waals surface area contributed by atoms with Crippen molar-refractivity contribution in [3.05, 3.63) is 106 Å². The van der Waals surface area contributed by atoms with Gasteiger partial charge >= 0.3 is 0 Å². The van der Waals surface area contributed by atoms with Crippen molar-refractivity contribution in [2.75, 3.05) is 0 Å². The Morgan fingerprint density at radius 2 is 1.00 bits per heavy atom. The lowest BCUT2D eigenvalue weighted by Crippen LogP contribution is -2.16. The Morgan fingerprint density at radius 3 is 1.37 bits per heavy atom. The summed E-state index contributed by atoms with van der Waals surface area (Å²) in [5.41, 5.74) is 4.44. The number of rotatable bonds is 7. The summed E-state index contributed by atoms with van der Waals surface area (Å²) in [5, 5.41) is 9.51. The van der Waals surface area contributed by atoms with Crippen LogP contribution in [-0.4, -0.2) is 28.4 Å². The van der Waals surface area contributed by atoms with Crippen molar-refractivity contribution in [2.45, 2.75) is 36.7 Å². The molecule has 38 heavy (non-hydrogen) atoms. The molecule has 4 heterocycles. The molecule has 0 saturated heterocycles. The van der Waals surface area contributed by atoms with E-state index in [4.69, 9.17) is 10.2 Å². The van der Waals surface area contributed by atoms with Crippen LogP contribution in [0.15, 0.2) is 105 Å². The molecule has 0 saturated carbocycles. The largest absolute Gasteiger partial charge is 0.332 e. The summed E-state index contributed by atoms with van der Waals surface area (Å²) < 4.78 is 7.01. The van der Waals surface area contributed by atoms with Gasteiger partial charge in [-0.3, -0.25) is 9.59 Å². The van der Waals surface area contributed by atoms with Crippen molar-refractivity contribution in [2.24, 2.45) is 0 Å². The summed E-state index contributed by atoms with van der Waals surface area (Å²) in [7, 11) is 3.06. The number of nitrogens with zero attached hydrogens (tertiary/aromatic N) is 6. The van der Waals surface area contributed by atoms with Crippen LogP contribution in [0.2, 0.25) is 0 Å². The van der Waals surface area contributed by atoms with E-state index in [9.17, 15) is 9.59 Å². The number of hydrogen-bond acceptors (Lipinski definition) is 6. The van der Waals surface area contributed by atoms with Crippen LogP contribution < -0.4 is 11.1 Å². The van der Waals surface area contributed by atoms with Crippen molar-refractivity contribution < 1.29 is 0 Å². The maximum atomic E-state index is 12.8. The Morgan fingerprint density at radius 1 is 0.605 bits per heavy atom. The van der Waals surface area contributed by atoms with E-state index in [0.29, 0.717) is 13.1 Å². The molecule has 2 aromatic carbocycles. The van der Waals surface area contributed by atoms with Crippen LogP contribution in [-0.2, 0) is 13.1 Å². The summed E-state index contributed by atoms with van der Waals surface area (Å²) in [6.07, 6.45) is 3.62. The average molecular weight is 541 g/mol. The minimum absolute atomic E-state index is 0.181. The molecule has 190 valence electrons. The molecule has 0 radical (unpaired) electrons. The van der Waals surface area contributed by atoms with E-state index in [1.807, 2.05) is 96.0 Å². The molecular weight excluding hydrogens is 516 g/mol. The average Bonchev–Trinajstić information content (AvgIpc) is 3.54. The minimum atomic E-state index is -0.181. The normalized spacial score (nSPS) is 11.5. The third-order valence-electron chi connectivity index (χ3n) is 6.38. The van der Waals surface area contributed by atoms with Gasteiger partial charge < -0.3 is 9.13 Å². The van der Waals surface area contributed by atoms with Gasteiger partial charge in [-0.25, -0.2) is 0 Å². The number of fused-ring (bicyclic) bond motifs is 2. The number of benzene rings is 2. The fourth-order valence-corrected chi connectivity index (χ4v) is 7.13. The standard InChI is InChI=1S/C28H24N6O2S2/c1-3-31-17-15-21(35)33-27(31)25(23(29-33)19-11-7-5-8-12-19)37-38-26-24(20-13-9-6-10-14-20)30-34-22(36)16-18-32(4-2)28(26)34/h5-18H,3-4H2,1-2H3. The molecule has 0 unspecified atom stereocenters. The molecule has 0 aliphatic carbocycles. The Hall–Kier alpha value is -4.02. The van der Waals surface area contributed by atoms with Crippen LogP contribution in [0, 0.1) is 0 Å². The smallest absolute Gasteiger partial charge is 0.274 e. The molecule has 0 amide bonds. The van der Waals surface area contributed by atoms with Crippen LogP contribution >= 0.6 is 21.6 Å². The lowest BCUT2D eigenvalue weighted by molar-refractivity contribution is 0.735. The monoisotopic (exact) mass is 540 g/mol. The first-order valence-electron chi connectivity index (χ1n) is 12.3. The van der Waals surface area contributed by atoms with E-state index in [2.05, 4.69) is 0 Å². The molecule has 6 rings (SSSR count). The van der Waals surface area contributed by atoms with Crippen molar-refractivity contribution in [3.8, 4) is 22.5 Å². The number of hydrogen-bond donors (Lipinski definition) is 0. The first kappa shape index (κ1) is 24.3. The zero-order chi connectivity index (χ0) is 26.2. The summed E-state index contributed by atoms with van der Waals surface area (Å²) in [4.78, 5) is 27.4. The molecule has 0 N–H and O–H groups in total. The second-order valence-corrected chi connectivity index (χ2v) is 10.8. The maximum absolute atomic E-state index is 12.8. The van der Waals surface area contributed by atoms with Gasteiger partial charge in [0.05, 0.1) is 9.79 Å². The number of aryl methyl sites for hydroxylation is 2. The van der Waals surface area contributed by atoms with E-state index in [1.54, 1.807) is 12.1 Å². The van der Waals surface area contributed by atoms with E-state index in [0.717, 1.165) is 43.6 Å². The third-order valence-corrected chi connectivity index (χ3v) is 8.80. The van der Waals surface area contributed by atoms with Gasteiger partial charge in [-0.05, 0) is 35.4 Å². The highest BCUT2D eigenvalue weighted by atomic mass is 33.1. The van der Waals surface area contributed by atoms with Crippen LogP contribution in [0.5, 0.6) is 0 Å². The van der Waals surface area contributed by atoms with Gasteiger partial charge in [0.15, 0.2) is 11.3 Å². The fourth-order valence-electron chi connectivity index (χ4n) is 4.51. The third kappa shape index (κ3) is 4.06. The van der Waals surface area contributed by atoms with Gasteiger partial charge in [0.25, 0.3) is 11.1 Å². The van der Waals surface area contributed by atoms with Crippen molar-refractivity contribution >= 4 is 32.9 Å². The molecular formula is C28H24N6O2S2. The van der Waals surface area contributed by atoms with Crippen LogP contribution in [0.25, 0.3) is 33.8 Å². The van der Waals surface area contributed by atoms with Gasteiger partial charge in [0.2, 0.25) is 0 Å². The minimum Gasteiger partial charge on any atom is -0.332 e. The van der Waals surface area contributed by atoms with Crippen LogP contribution in [0.3, 0.4) is 0 Å². The molecule has 0 fully saturated rings. The molecule has 4 aromatic heterocycles. The predicted molar refractivity (Wildman–Crippen MR) is 153 cm³/mol. The summed E-state index contributed by atoms with van der Waals surface area (Å²) in [6.45, 7) is 5.45. The zero-order valence-corrected chi connectivity index (χ0v) is 22.4. The number of aromatic nitrogens is 6. The van der Waals surface area contributed by atoms with E-state index in [-0.39, 0.29) is 11.1 Å². The Kier molecular flexibility index (Phi) is 6.42. The second kappa shape index (κ2) is 10.0. The first-order chi connectivity index (χ1) is 18.6. The van der Waals surface area contributed by atoms with Gasteiger partial charge in [-0.1, -0.05) is 60.7 Å². The highest BCUT2D eigenvalue weighted by Gasteiger charge is 2.24. The molecule has 0 bridgehead atoms. The van der Waals surface area contributed by atoms with Gasteiger partial charge in [-0.2, -0.15) is 19.2 Å². The van der Waals surface area contributed by atoms with Gasteiger partial charge in [-0.15, -0.1) is 0 Å². The van der Waals surface area contributed by atoms with Gasteiger partial charge in [0.1, 0.15) is 11.4 Å². The van der Waals surface area contributed by atoms with Crippen molar-refractivity contribution in [3.63, 3.8) is 0 Å². The highest BCUT2D eigenvalue weighted by molar-refractivity contribution is 8.76. The quantitative estimate of drug-likeness (QED) is 0.250. The van der Waals surface area contributed by atoms with Gasteiger partial charge in [0, 0.05) is 48.7 Å². The molecule has 0 aliphatic rings. The molecule has 0 spiro atoms.